The van der Waals surface area contributed by atoms with Crippen LogP contribution in [0, 0.1) is 11.8 Å². The van der Waals surface area contributed by atoms with E-state index in [9.17, 15) is 4.79 Å². The zero-order valence-corrected chi connectivity index (χ0v) is 12.0. The monoisotopic (exact) mass is 243 g/mol. The van der Waals surface area contributed by atoms with Crippen LogP contribution >= 0.6 is 0 Å². The molecule has 0 aromatic heterocycles. The lowest BCUT2D eigenvalue weighted by Crippen LogP contribution is -2.47. The number of carbonyl (C=O) groups excluding carboxylic acids is 1. The Labute approximate surface area is 106 Å². The molecule has 0 aliphatic rings. The lowest BCUT2D eigenvalue weighted by molar-refractivity contribution is -0.126. The van der Waals surface area contributed by atoms with Crippen LogP contribution in [-0.4, -0.2) is 43.0 Å². The van der Waals surface area contributed by atoms with Crippen molar-refractivity contribution in [1.82, 2.24) is 10.2 Å². The minimum atomic E-state index is -0.0762. The highest BCUT2D eigenvalue weighted by atomic mass is 16.2. The van der Waals surface area contributed by atoms with E-state index in [1.165, 1.54) is 0 Å². The maximum atomic E-state index is 11.9. The number of carbonyl (C=O) groups is 1. The molecule has 0 aliphatic heterocycles. The molecule has 2 unspecified atom stereocenters. The van der Waals surface area contributed by atoms with Gasteiger partial charge in [0.25, 0.3) is 0 Å². The van der Waals surface area contributed by atoms with E-state index in [1.807, 2.05) is 6.92 Å². The first-order valence-electron chi connectivity index (χ1n) is 6.64. The highest BCUT2D eigenvalue weighted by Gasteiger charge is 2.20. The largest absolute Gasteiger partial charge is 0.354 e. The Kier molecular flexibility index (Phi) is 8.17. The van der Waals surface area contributed by atoms with Crippen molar-refractivity contribution in [2.24, 2.45) is 17.6 Å². The second-order valence-corrected chi connectivity index (χ2v) is 5.24. The van der Waals surface area contributed by atoms with Gasteiger partial charge in [0, 0.05) is 13.1 Å². The number of amides is 1. The molecule has 0 rings (SSSR count). The zero-order chi connectivity index (χ0) is 13.4. The quantitative estimate of drug-likeness (QED) is 0.670. The number of likely N-dealkylation sites (N-methyl/N-ethyl adjacent to an activating group) is 1. The van der Waals surface area contributed by atoms with Gasteiger partial charge in [-0.1, -0.05) is 27.7 Å². The average Bonchev–Trinajstić information content (AvgIpc) is 2.31. The molecule has 17 heavy (non-hydrogen) atoms. The van der Waals surface area contributed by atoms with Crippen LogP contribution in [0.25, 0.3) is 0 Å². The van der Waals surface area contributed by atoms with Crippen molar-refractivity contribution in [1.29, 1.82) is 0 Å². The van der Waals surface area contributed by atoms with Gasteiger partial charge >= 0.3 is 0 Å². The van der Waals surface area contributed by atoms with Crippen LogP contribution in [0.15, 0.2) is 0 Å². The third-order valence-corrected chi connectivity index (χ3v) is 2.97. The van der Waals surface area contributed by atoms with Gasteiger partial charge in [0.05, 0.1) is 6.04 Å². The molecular weight excluding hydrogens is 214 g/mol. The predicted molar refractivity (Wildman–Crippen MR) is 72.8 cm³/mol. The van der Waals surface area contributed by atoms with Gasteiger partial charge in [-0.3, -0.25) is 9.69 Å². The van der Waals surface area contributed by atoms with Crippen LogP contribution in [0.5, 0.6) is 0 Å². The first-order chi connectivity index (χ1) is 7.92. The van der Waals surface area contributed by atoms with Crippen molar-refractivity contribution in [2.45, 2.75) is 40.7 Å². The molecule has 0 aromatic carbocycles. The number of rotatable bonds is 8. The number of hydrogen-bond acceptors (Lipinski definition) is 3. The van der Waals surface area contributed by atoms with Gasteiger partial charge in [-0.15, -0.1) is 0 Å². The molecule has 2 atom stereocenters. The van der Waals surface area contributed by atoms with E-state index in [2.05, 4.69) is 37.9 Å². The SMILES string of the molecule is CCN(CC(C)CN)C(C)C(=O)NCC(C)C. The molecule has 0 radical (unpaired) electrons. The van der Waals surface area contributed by atoms with E-state index in [1.54, 1.807) is 0 Å². The maximum Gasteiger partial charge on any atom is 0.237 e. The summed E-state index contributed by atoms with van der Waals surface area (Å²) in [6.07, 6.45) is 0. The summed E-state index contributed by atoms with van der Waals surface area (Å²) in [4.78, 5) is 14.1. The van der Waals surface area contributed by atoms with Gasteiger partial charge in [0.2, 0.25) is 5.91 Å². The normalized spacial score (nSPS) is 15.1. The third-order valence-electron chi connectivity index (χ3n) is 2.97. The van der Waals surface area contributed by atoms with Crippen molar-refractivity contribution in [3.05, 3.63) is 0 Å². The van der Waals surface area contributed by atoms with E-state index in [4.69, 9.17) is 5.73 Å². The van der Waals surface area contributed by atoms with Gasteiger partial charge in [-0.25, -0.2) is 0 Å². The average molecular weight is 243 g/mol. The van der Waals surface area contributed by atoms with Crippen LogP contribution in [0.2, 0.25) is 0 Å². The summed E-state index contributed by atoms with van der Waals surface area (Å²) in [6.45, 7) is 13.5. The number of nitrogens with two attached hydrogens (primary N) is 1. The predicted octanol–water partition coefficient (Wildman–Crippen LogP) is 1.06. The molecule has 0 spiro atoms. The Morgan fingerprint density at radius 1 is 1.29 bits per heavy atom. The van der Waals surface area contributed by atoms with Gasteiger partial charge in [0.1, 0.15) is 0 Å². The van der Waals surface area contributed by atoms with E-state index in [0.29, 0.717) is 18.4 Å². The first-order valence-corrected chi connectivity index (χ1v) is 6.64. The van der Waals surface area contributed by atoms with E-state index in [-0.39, 0.29) is 11.9 Å². The van der Waals surface area contributed by atoms with Crippen LogP contribution in [0.3, 0.4) is 0 Å². The standard InChI is InChI=1S/C13H29N3O/c1-6-16(9-11(4)7-14)12(5)13(17)15-8-10(2)3/h10-12H,6-9,14H2,1-5H3,(H,15,17). The Bertz CT molecular complexity index is 219. The number of nitrogens with zero attached hydrogens (tertiary/aromatic N) is 1. The summed E-state index contributed by atoms with van der Waals surface area (Å²) in [6, 6.07) is -0.0762. The Balaban J connectivity index is 4.22. The molecule has 0 saturated heterocycles. The molecule has 0 saturated carbocycles. The van der Waals surface area contributed by atoms with Crippen molar-refractivity contribution in [2.75, 3.05) is 26.2 Å². The summed E-state index contributed by atoms with van der Waals surface area (Å²) >= 11 is 0. The molecule has 0 fully saturated rings. The highest BCUT2D eigenvalue weighted by Crippen LogP contribution is 2.04. The molecule has 0 aliphatic carbocycles. The summed E-state index contributed by atoms with van der Waals surface area (Å²) < 4.78 is 0. The number of hydrogen-bond donors (Lipinski definition) is 2. The van der Waals surface area contributed by atoms with Gasteiger partial charge in [-0.2, -0.15) is 0 Å². The summed E-state index contributed by atoms with van der Waals surface area (Å²) in [5.74, 6) is 1.03. The fourth-order valence-corrected chi connectivity index (χ4v) is 1.65. The molecule has 3 N–H and O–H groups in total. The van der Waals surface area contributed by atoms with Crippen LogP contribution < -0.4 is 11.1 Å². The fraction of sp³-hybridized carbons (Fsp3) is 0.923. The van der Waals surface area contributed by atoms with Gasteiger partial charge in [-0.05, 0) is 31.8 Å². The maximum absolute atomic E-state index is 11.9. The Hall–Kier alpha value is -0.610. The molecule has 0 bridgehead atoms. The summed E-state index contributed by atoms with van der Waals surface area (Å²) in [5, 5.41) is 2.98. The first kappa shape index (κ1) is 16.4. The molecule has 4 nitrogen and oxygen atoms in total. The molecule has 1 amide bonds. The lowest BCUT2D eigenvalue weighted by atomic mass is 10.1. The molecule has 0 heterocycles. The van der Waals surface area contributed by atoms with Gasteiger partial charge in [0.15, 0.2) is 0 Å². The van der Waals surface area contributed by atoms with Gasteiger partial charge < -0.3 is 11.1 Å². The van der Waals surface area contributed by atoms with E-state index in [0.717, 1.165) is 19.6 Å². The third kappa shape index (κ3) is 6.64. The van der Waals surface area contributed by atoms with Crippen LogP contribution in [0.1, 0.15) is 34.6 Å². The van der Waals surface area contributed by atoms with Crippen molar-refractivity contribution >= 4 is 5.91 Å². The Morgan fingerprint density at radius 2 is 1.88 bits per heavy atom. The topological polar surface area (TPSA) is 58.4 Å². The Morgan fingerprint density at radius 3 is 2.29 bits per heavy atom. The van der Waals surface area contributed by atoms with Crippen molar-refractivity contribution in [3.8, 4) is 0 Å². The zero-order valence-electron chi connectivity index (χ0n) is 12.0. The minimum Gasteiger partial charge on any atom is -0.354 e. The smallest absolute Gasteiger partial charge is 0.237 e. The number of nitrogens with one attached hydrogen (secondary N) is 1. The fourth-order valence-electron chi connectivity index (χ4n) is 1.65. The molecule has 4 heteroatoms. The highest BCUT2D eigenvalue weighted by molar-refractivity contribution is 5.81. The van der Waals surface area contributed by atoms with Crippen molar-refractivity contribution < 1.29 is 4.79 Å². The van der Waals surface area contributed by atoms with Crippen LogP contribution in [-0.2, 0) is 4.79 Å². The molecular formula is C13H29N3O. The van der Waals surface area contributed by atoms with Crippen LogP contribution in [0.4, 0.5) is 0 Å². The lowest BCUT2D eigenvalue weighted by Gasteiger charge is -2.29. The summed E-state index contributed by atoms with van der Waals surface area (Å²) in [5.41, 5.74) is 5.62. The summed E-state index contributed by atoms with van der Waals surface area (Å²) in [7, 11) is 0. The molecule has 0 aromatic rings. The second-order valence-electron chi connectivity index (χ2n) is 5.24. The molecule has 102 valence electrons. The second kappa shape index (κ2) is 8.48. The minimum absolute atomic E-state index is 0.0762. The van der Waals surface area contributed by atoms with Crippen molar-refractivity contribution in [3.63, 3.8) is 0 Å². The van der Waals surface area contributed by atoms with E-state index >= 15 is 0 Å². The van der Waals surface area contributed by atoms with E-state index < -0.39 is 0 Å².